The van der Waals surface area contributed by atoms with Gasteiger partial charge in [0.1, 0.15) is 0 Å². The normalized spacial score (nSPS) is 21.9. The van der Waals surface area contributed by atoms with Crippen molar-refractivity contribution in [2.75, 3.05) is 13.2 Å². The van der Waals surface area contributed by atoms with Gasteiger partial charge in [-0.25, -0.2) is 4.98 Å². The lowest BCUT2D eigenvalue weighted by Gasteiger charge is -2.26. The first-order chi connectivity index (χ1) is 14.5. The van der Waals surface area contributed by atoms with E-state index in [1.165, 1.54) is 11.3 Å². The highest BCUT2D eigenvalue weighted by molar-refractivity contribution is 7.14. The van der Waals surface area contributed by atoms with Crippen LogP contribution in [-0.4, -0.2) is 52.0 Å². The Balaban J connectivity index is 1.70. The van der Waals surface area contributed by atoms with Crippen molar-refractivity contribution < 1.29 is 19.4 Å². The number of aromatic nitrogens is 1. The van der Waals surface area contributed by atoms with E-state index in [1.54, 1.807) is 11.8 Å². The molecule has 2 aromatic rings. The Morgan fingerprint density at radius 1 is 1.33 bits per heavy atom. The molecule has 156 valence electrons. The van der Waals surface area contributed by atoms with E-state index in [0.717, 1.165) is 23.4 Å². The number of aliphatic hydroxyl groups is 1. The highest BCUT2D eigenvalue weighted by Gasteiger charge is 2.43. The zero-order valence-corrected chi connectivity index (χ0v) is 17.8. The summed E-state index contributed by atoms with van der Waals surface area (Å²) < 4.78 is 5.70. The highest BCUT2D eigenvalue weighted by Crippen LogP contribution is 2.33. The second-order valence-electron chi connectivity index (χ2n) is 7.55. The van der Waals surface area contributed by atoms with Gasteiger partial charge in [-0.1, -0.05) is 42.5 Å². The van der Waals surface area contributed by atoms with Crippen LogP contribution in [0.2, 0.25) is 0 Å². The topological polar surface area (TPSA) is 79.7 Å². The van der Waals surface area contributed by atoms with Crippen LogP contribution in [-0.2, 0) is 9.53 Å². The average Bonchev–Trinajstić information content (AvgIpc) is 3.42. The van der Waals surface area contributed by atoms with Gasteiger partial charge in [-0.3, -0.25) is 9.59 Å². The van der Waals surface area contributed by atoms with Gasteiger partial charge in [0.2, 0.25) is 5.78 Å². The third kappa shape index (κ3) is 3.95. The second-order valence-corrected chi connectivity index (χ2v) is 8.75. The first-order valence-corrected chi connectivity index (χ1v) is 10.8. The molecule has 7 heteroatoms. The molecule has 2 aliphatic heterocycles. The standard InChI is InChI=1S/C23H24N2O4S/c1-14-22(30-15(2)24-14)20(26)19-18(11-10-16-7-4-3-5-8-16)25(23(28)21(19)27)13-17-9-6-12-29-17/h3-5,7-8,10-11,17-18,27H,6,9,12-13H2,1-2H3. The summed E-state index contributed by atoms with van der Waals surface area (Å²) in [6.45, 7) is 4.61. The molecule has 1 fully saturated rings. The van der Waals surface area contributed by atoms with Crippen molar-refractivity contribution in [2.45, 2.75) is 38.8 Å². The number of benzene rings is 1. The van der Waals surface area contributed by atoms with Gasteiger partial charge in [-0.15, -0.1) is 11.3 Å². The maximum absolute atomic E-state index is 13.4. The van der Waals surface area contributed by atoms with E-state index in [0.29, 0.717) is 23.7 Å². The van der Waals surface area contributed by atoms with Crippen LogP contribution in [0, 0.1) is 13.8 Å². The number of ether oxygens (including phenoxy) is 1. The molecule has 1 aromatic carbocycles. The molecule has 1 saturated heterocycles. The van der Waals surface area contributed by atoms with Crippen molar-refractivity contribution in [1.29, 1.82) is 0 Å². The number of hydrogen-bond acceptors (Lipinski definition) is 6. The molecule has 30 heavy (non-hydrogen) atoms. The van der Waals surface area contributed by atoms with Gasteiger partial charge < -0.3 is 14.7 Å². The summed E-state index contributed by atoms with van der Waals surface area (Å²) in [6.07, 6.45) is 5.40. The molecular formula is C23H24N2O4S. The summed E-state index contributed by atoms with van der Waals surface area (Å²) >= 11 is 1.28. The van der Waals surface area contributed by atoms with Gasteiger partial charge in [0.15, 0.2) is 5.76 Å². The predicted octanol–water partition coefficient (Wildman–Crippen LogP) is 3.86. The fraction of sp³-hybridized carbons (Fsp3) is 0.348. The maximum atomic E-state index is 13.4. The minimum atomic E-state index is -0.656. The molecule has 2 aliphatic rings. The number of carbonyl (C=O) groups is 2. The fourth-order valence-electron chi connectivity index (χ4n) is 3.95. The molecular weight excluding hydrogens is 400 g/mol. The Kier molecular flexibility index (Phi) is 5.83. The number of amides is 1. The van der Waals surface area contributed by atoms with Crippen LogP contribution < -0.4 is 0 Å². The third-order valence-corrected chi connectivity index (χ3v) is 6.47. The van der Waals surface area contributed by atoms with Gasteiger partial charge in [0.05, 0.1) is 33.3 Å². The van der Waals surface area contributed by atoms with Gasteiger partial charge in [0.25, 0.3) is 5.91 Å². The Hall–Kier alpha value is -2.77. The molecule has 2 atom stereocenters. The number of nitrogens with zero attached hydrogens (tertiary/aromatic N) is 2. The van der Waals surface area contributed by atoms with E-state index in [-0.39, 0.29) is 17.5 Å². The summed E-state index contributed by atoms with van der Waals surface area (Å²) in [5.74, 6) is -1.36. The lowest BCUT2D eigenvalue weighted by molar-refractivity contribution is -0.130. The molecule has 0 saturated carbocycles. The smallest absolute Gasteiger partial charge is 0.290 e. The molecule has 6 nitrogen and oxygen atoms in total. The van der Waals surface area contributed by atoms with Crippen molar-refractivity contribution in [1.82, 2.24) is 9.88 Å². The van der Waals surface area contributed by atoms with Gasteiger partial charge in [-0.2, -0.15) is 0 Å². The first kappa shape index (κ1) is 20.5. The summed E-state index contributed by atoms with van der Waals surface area (Å²) in [5.41, 5.74) is 1.67. The summed E-state index contributed by atoms with van der Waals surface area (Å²) in [4.78, 5) is 32.6. The lowest BCUT2D eigenvalue weighted by Crippen LogP contribution is -2.40. The summed E-state index contributed by atoms with van der Waals surface area (Å²) in [7, 11) is 0. The lowest BCUT2D eigenvalue weighted by atomic mass is 10.00. The van der Waals surface area contributed by atoms with E-state index in [2.05, 4.69) is 4.98 Å². The van der Waals surface area contributed by atoms with E-state index in [1.807, 2.05) is 49.4 Å². The Labute approximate surface area is 179 Å². The molecule has 1 aromatic heterocycles. The van der Waals surface area contributed by atoms with E-state index in [4.69, 9.17) is 4.74 Å². The minimum absolute atomic E-state index is 0.0868. The molecule has 3 heterocycles. The Morgan fingerprint density at radius 3 is 2.73 bits per heavy atom. The number of rotatable bonds is 6. The highest BCUT2D eigenvalue weighted by atomic mass is 32.1. The summed E-state index contributed by atoms with van der Waals surface area (Å²) in [6, 6.07) is 9.00. The number of hydrogen-bond donors (Lipinski definition) is 1. The van der Waals surface area contributed by atoms with Crippen LogP contribution in [0.5, 0.6) is 0 Å². The van der Waals surface area contributed by atoms with E-state index < -0.39 is 17.7 Å². The molecule has 0 aliphatic carbocycles. The minimum Gasteiger partial charge on any atom is -0.503 e. The zero-order chi connectivity index (χ0) is 21.3. The van der Waals surface area contributed by atoms with Crippen LogP contribution in [0.1, 0.15) is 38.8 Å². The van der Waals surface area contributed by atoms with Gasteiger partial charge >= 0.3 is 0 Å². The van der Waals surface area contributed by atoms with Crippen LogP contribution in [0.25, 0.3) is 6.08 Å². The first-order valence-electron chi connectivity index (χ1n) is 10.0. The predicted molar refractivity (Wildman–Crippen MR) is 116 cm³/mol. The maximum Gasteiger partial charge on any atom is 0.290 e. The number of carbonyl (C=O) groups excluding carboxylic acids is 2. The van der Waals surface area contributed by atoms with Crippen LogP contribution in [0.15, 0.2) is 47.7 Å². The SMILES string of the molecule is Cc1nc(C)c(C(=O)C2=C(O)C(=O)N(CC3CCCO3)C2C=Cc2ccccc2)s1. The van der Waals surface area contributed by atoms with Gasteiger partial charge in [0, 0.05) is 13.2 Å². The van der Waals surface area contributed by atoms with Crippen molar-refractivity contribution in [3.8, 4) is 0 Å². The van der Waals surface area contributed by atoms with Crippen molar-refractivity contribution >= 4 is 29.1 Å². The quantitative estimate of drug-likeness (QED) is 0.713. The number of ketones is 1. The molecule has 1 N–H and O–H groups in total. The number of Topliss-reactive ketones (excluding diaryl/α,β-unsaturated/α-hetero) is 1. The van der Waals surface area contributed by atoms with E-state index in [9.17, 15) is 14.7 Å². The number of thiazole rings is 1. The average molecular weight is 425 g/mol. The largest absolute Gasteiger partial charge is 0.503 e. The van der Waals surface area contributed by atoms with Crippen LogP contribution in [0.3, 0.4) is 0 Å². The van der Waals surface area contributed by atoms with E-state index >= 15 is 0 Å². The Bertz CT molecular complexity index is 1020. The summed E-state index contributed by atoms with van der Waals surface area (Å²) in [5, 5.41) is 11.4. The molecule has 0 radical (unpaired) electrons. The number of aliphatic hydroxyl groups excluding tert-OH is 1. The number of aryl methyl sites for hydroxylation is 2. The molecule has 1 amide bonds. The molecule has 0 bridgehead atoms. The van der Waals surface area contributed by atoms with Crippen molar-refractivity contribution in [3.05, 3.63) is 68.9 Å². The Morgan fingerprint density at radius 2 is 2.10 bits per heavy atom. The van der Waals surface area contributed by atoms with Crippen LogP contribution in [0.4, 0.5) is 0 Å². The van der Waals surface area contributed by atoms with Crippen molar-refractivity contribution in [3.63, 3.8) is 0 Å². The second kappa shape index (κ2) is 8.53. The monoisotopic (exact) mass is 424 g/mol. The third-order valence-electron chi connectivity index (χ3n) is 5.40. The van der Waals surface area contributed by atoms with Gasteiger partial charge in [-0.05, 0) is 32.3 Å². The molecule has 0 spiro atoms. The molecule has 4 rings (SSSR count). The molecule has 2 unspecified atom stereocenters. The zero-order valence-electron chi connectivity index (χ0n) is 17.0. The van der Waals surface area contributed by atoms with Crippen LogP contribution >= 0.6 is 11.3 Å². The fourth-order valence-corrected chi connectivity index (χ4v) is 4.82. The van der Waals surface area contributed by atoms with Crippen molar-refractivity contribution in [2.24, 2.45) is 0 Å².